The molecular formula is C18H20N4O3S. The molecule has 1 heterocycles. The molecule has 0 aliphatic heterocycles. The monoisotopic (exact) mass is 372 g/mol. The number of nitrogens with zero attached hydrogens (tertiary/aromatic N) is 3. The first-order valence-corrected chi connectivity index (χ1v) is 9.79. The van der Waals surface area contributed by atoms with E-state index in [0.717, 1.165) is 12.0 Å². The van der Waals surface area contributed by atoms with Crippen LogP contribution in [0.3, 0.4) is 0 Å². The number of Topliss-reactive ketones (excluding diaryl/α,β-unsaturated/α-hetero) is 1. The molecule has 2 aromatic rings. The van der Waals surface area contributed by atoms with Gasteiger partial charge in [0.2, 0.25) is 0 Å². The van der Waals surface area contributed by atoms with Crippen LogP contribution in [0.25, 0.3) is 0 Å². The zero-order valence-corrected chi connectivity index (χ0v) is 15.7. The van der Waals surface area contributed by atoms with Crippen molar-refractivity contribution in [3.8, 4) is 6.07 Å². The van der Waals surface area contributed by atoms with Crippen molar-refractivity contribution >= 4 is 21.6 Å². The van der Waals surface area contributed by atoms with Crippen molar-refractivity contribution < 1.29 is 13.2 Å². The number of nitrogens with one attached hydrogen (secondary N) is 1. The van der Waals surface area contributed by atoms with Crippen molar-refractivity contribution in [1.29, 1.82) is 5.26 Å². The summed E-state index contributed by atoms with van der Waals surface area (Å²) in [6.07, 6.45) is 3.40. The number of aromatic nitrogens is 2. The number of nitriles is 1. The minimum Gasteiger partial charge on any atom is -0.294 e. The van der Waals surface area contributed by atoms with Crippen molar-refractivity contribution in [3.05, 3.63) is 41.1 Å². The molecule has 3 rings (SSSR count). The third-order valence-corrected chi connectivity index (χ3v) is 5.63. The van der Waals surface area contributed by atoms with Gasteiger partial charge in [-0.2, -0.15) is 10.4 Å². The second-order valence-corrected chi connectivity index (χ2v) is 9.00. The van der Waals surface area contributed by atoms with Gasteiger partial charge in [-0.1, -0.05) is 0 Å². The molecule has 136 valence electrons. The van der Waals surface area contributed by atoms with Crippen LogP contribution in [0.2, 0.25) is 0 Å². The fourth-order valence-corrected chi connectivity index (χ4v) is 3.92. The predicted molar refractivity (Wildman–Crippen MR) is 96.5 cm³/mol. The summed E-state index contributed by atoms with van der Waals surface area (Å²) in [7, 11) is -3.92. The fourth-order valence-electron chi connectivity index (χ4n) is 2.85. The maximum Gasteiger partial charge on any atom is 0.263 e. The Bertz CT molecular complexity index is 1020. The summed E-state index contributed by atoms with van der Waals surface area (Å²) in [6, 6.07) is 6.47. The molecule has 26 heavy (non-hydrogen) atoms. The Labute approximate surface area is 152 Å². The van der Waals surface area contributed by atoms with Gasteiger partial charge in [0.25, 0.3) is 10.0 Å². The lowest BCUT2D eigenvalue weighted by molar-refractivity contribution is 0.0972. The molecule has 0 fully saturated rings. The lowest BCUT2D eigenvalue weighted by Crippen LogP contribution is -2.23. The highest BCUT2D eigenvalue weighted by molar-refractivity contribution is 7.92. The second kappa shape index (κ2) is 6.25. The number of sulfonamides is 1. The maximum atomic E-state index is 12.7. The Morgan fingerprint density at radius 3 is 2.65 bits per heavy atom. The van der Waals surface area contributed by atoms with E-state index in [2.05, 4.69) is 9.82 Å². The largest absolute Gasteiger partial charge is 0.294 e. The van der Waals surface area contributed by atoms with Gasteiger partial charge >= 0.3 is 0 Å². The van der Waals surface area contributed by atoms with Crippen LogP contribution in [-0.2, 0) is 22.0 Å². The molecule has 0 bridgehead atoms. The van der Waals surface area contributed by atoms with Crippen LogP contribution in [0.15, 0.2) is 29.3 Å². The molecule has 0 saturated heterocycles. The number of ketones is 1. The quantitative estimate of drug-likeness (QED) is 0.892. The Hall–Kier alpha value is -2.66. The number of hydrogen-bond donors (Lipinski definition) is 1. The van der Waals surface area contributed by atoms with Crippen molar-refractivity contribution in [2.24, 2.45) is 0 Å². The van der Waals surface area contributed by atoms with Crippen LogP contribution in [0, 0.1) is 11.3 Å². The van der Waals surface area contributed by atoms with Crippen molar-refractivity contribution in [2.45, 2.75) is 50.5 Å². The van der Waals surface area contributed by atoms with E-state index >= 15 is 0 Å². The summed E-state index contributed by atoms with van der Waals surface area (Å²) in [5.41, 5.74) is 1.09. The molecule has 0 unspecified atom stereocenters. The summed E-state index contributed by atoms with van der Waals surface area (Å²) in [5.74, 6) is 0.0371. The predicted octanol–water partition coefficient (Wildman–Crippen LogP) is 2.83. The number of fused-ring (bicyclic) bond motifs is 1. The molecule has 0 spiro atoms. The molecule has 0 amide bonds. The van der Waals surface area contributed by atoms with E-state index in [0.29, 0.717) is 18.4 Å². The normalized spacial score (nSPS) is 14.6. The average molecular weight is 372 g/mol. The fraction of sp³-hybridized carbons (Fsp3) is 0.389. The van der Waals surface area contributed by atoms with Gasteiger partial charge in [-0.25, -0.2) is 8.42 Å². The number of hydrogen-bond acceptors (Lipinski definition) is 5. The molecule has 0 atom stereocenters. The van der Waals surface area contributed by atoms with E-state index in [-0.39, 0.29) is 27.6 Å². The van der Waals surface area contributed by atoms with Crippen LogP contribution < -0.4 is 4.72 Å². The van der Waals surface area contributed by atoms with E-state index < -0.39 is 10.0 Å². The lowest BCUT2D eigenvalue weighted by Gasteiger charge is -2.18. The molecular weight excluding hydrogens is 352 g/mol. The van der Waals surface area contributed by atoms with Gasteiger partial charge in [-0.3, -0.25) is 14.2 Å². The Morgan fingerprint density at radius 1 is 1.27 bits per heavy atom. The van der Waals surface area contributed by atoms with Gasteiger partial charge < -0.3 is 0 Å². The highest BCUT2D eigenvalue weighted by Crippen LogP contribution is 2.26. The molecule has 0 radical (unpaired) electrons. The molecule has 1 aliphatic carbocycles. The highest BCUT2D eigenvalue weighted by Gasteiger charge is 2.24. The standard InChI is InChI=1S/C18H20N4O3S/c1-18(2,3)22-11-13(10-19)17(20-22)21-26(24,25)14-7-8-15-12(9-14)5-4-6-16(15)23/h7-9,11H,4-6H2,1-3H3,(H,20,21). The number of carbonyl (C=O) groups is 1. The number of carbonyl (C=O) groups excluding carboxylic acids is 1. The first-order valence-electron chi connectivity index (χ1n) is 8.31. The Balaban J connectivity index is 1.97. The van der Waals surface area contributed by atoms with Crippen LogP contribution in [0.5, 0.6) is 0 Å². The van der Waals surface area contributed by atoms with E-state index in [1.807, 2.05) is 26.8 Å². The summed E-state index contributed by atoms with van der Waals surface area (Å²) in [6.45, 7) is 5.71. The molecule has 1 N–H and O–H groups in total. The maximum absolute atomic E-state index is 12.7. The topological polar surface area (TPSA) is 105 Å². The zero-order valence-electron chi connectivity index (χ0n) is 14.9. The number of rotatable bonds is 3. The summed E-state index contributed by atoms with van der Waals surface area (Å²) < 4.78 is 29.4. The van der Waals surface area contributed by atoms with Gasteiger partial charge in [0.1, 0.15) is 11.6 Å². The van der Waals surface area contributed by atoms with Crippen LogP contribution in [0.1, 0.15) is 55.1 Å². The number of aryl methyl sites for hydroxylation is 1. The summed E-state index contributed by atoms with van der Waals surface area (Å²) >= 11 is 0. The first-order chi connectivity index (χ1) is 12.1. The number of anilines is 1. The third-order valence-electron chi connectivity index (χ3n) is 4.29. The van der Waals surface area contributed by atoms with Gasteiger partial charge in [0.15, 0.2) is 11.6 Å². The lowest BCUT2D eigenvalue weighted by atomic mass is 9.91. The van der Waals surface area contributed by atoms with E-state index in [4.69, 9.17) is 0 Å². The summed E-state index contributed by atoms with van der Waals surface area (Å²) in [4.78, 5) is 12.0. The van der Waals surface area contributed by atoms with E-state index in [9.17, 15) is 18.5 Å². The van der Waals surface area contributed by atoms with Crippen LogP contribution >= 0.6 is 0 Å². The first kappa shape index (κ1) is 18.1. The van der Waals surface area contributed by atoms with E-state index in [1.165, 1.54) is 18.3 Å². The van der Waals surface area contributed by atoms with Crippen molar-refractivity contribution in [2.75, 3.05) is 4.72 Å². The molecule has 0 saturated carbocycles. The third kappa shape index (κ3) is 3.35. The van der Waals surface area contributed by atoms with Crippen LogP contribution in [-0.4, -0.2) is 24.0 Å². The van der Waals surface area contributed by atoms with Gasteiger partial charge in [0.05, 0.1) is 10.4 Å². The molecule has 1 aromatic carbocycles. The van der Waals surface area contributed by atoms with Gasteiger partial charge in [0, 0.05) is 18.2 Å². The van der Waals surface area contributed by atoms with Crippen LogP contribution in [0.4, 0.5) is 5.82 Å². The van der Waals surface area contributed by atoms with Gasteiger partial charge in [-0.05, 0) is 57.4 Å². The molecule has 1 aromatic heterocycles. The second-order valence-electron chi connectivity index (χ2n) is 7.32. The molecule has 7 nitrogen and oxygen atoms in total. The minimum atomic E-state index is -3.92. The van der Waals surface area contributed by atoms with Crippen molar-refractivity contribution in [3.63, 3.8) is 0 Å². The average Bonchev–Trinajstić information content (AvgIpc) is 2.97. The minimum absolute atomic E-state index is 0.00350. The van der Waals surface area contributed by atoms with E-state index in [1.54, 1.807) is 10.7 Å². The van der Waals surface area contributed by atoms with Crippen molar-refractivity contribution in [1.82, 2.24) is 9.78 Å². The zero-order chi connectivity index (χ0) is 19.1. The molecule has 1 aliphatic rings. The Kier molecular flexibility index (Phi) is 4.36. The number of benzene rings is 1. The van der Waals surface area contributed by atoms with Gasteiger partial charge in [-0.15, -0.1) is 0 Å². The highest BCUT2D eigenvalue weighted by atomic mass is 32.2. The SMILES string of the molecule is CC(C)(C)n1cc(C#N)c(NS(=O)(=O)c2ccc3c(c2)CCCC3=O)n1. The Morgan fingerprint density at radius 2 is 2.00 bits per heavy atom. The smallest absolute Gasteiger partial charge is 0.263 e. The molecule has 8 heteroatoms. The summed E-state index contributed by atoms with van der Waals surface area (Å²) in [5, 5.41) is 13.5.